The van der Waals surface area contributed by atoms with Crippen LogP contribution in [0.25, 0.3) is 0 Å². The minimum Gasteiger partial charge on any atom is -0.622 e. The van der Waals surface area contributed by atoms with Gasteiger partial charge in [-0.2, -0.15) is 4.74 Å². The number of rotatable bonds is 1. The molecular formula is C13H18N2O. The average molecular weight is 224 g/mol. The molecule has 1 aromatic carbocycles. The number of nitrogens with one attached hydrogen (secondary N) is 1. The fourth-order valence-corrected chi connectivity index (χ4v) is 2.06. The van der Waals surface area contributed by atoms with E-state index in [4.69, 9.17) is 8.22 Å². The Bertz CT molecular complexity index is 589. The second-order valence-corrected chi connectivity index (χ2v) is 4.47. The molecule has 0 spiro atoms. The van der Waals surface area contributed by atoms with Gasteiger partial charge in [-0.25, -0.2) is 5.32 Å². The van der Waals surface area contributed by atoms with Crippen molar-refractivity contribution in [3.05, 3.63) is 41.1 Å². The van der Waals surface area contributed by atoms with Crippen LogP contribution >= 0.6 is 0 Å². The number of hydrogen-bond acceptors (Lipinski definition) is 2. The van der Waals surface area contributed by atoms with Crippen LogP contribution in [0.15, 0.2) is 30.3 Å². The molecule has 0 radical (unpaired) electrons. The van der Waals surface area contributed by atoms with Gasteiger partial charge in [0.15, 0.2) is 0 Å². The third-order valence-electron chi connectivity index (χ3n) is 2.64. The van der Waals surface area contributed by atoms with E-state index in [1.165, 1.54) is 0 Å². The summed E-state index contributed by atoms with van der Waals surface area (Å²) in [6.45, 7) is -2.87. The summed E-state index contributed by atoms with van der Waals surface area (Å²) in [4.78, 5) is 0. The zero-order valence-electron chi connectivity index (χ0n) is 15.2. The topological polar surface area (TPSA) is 38.1 Å². The Morgan fingerprint density at radius 1 is 1.25 bits per heavy atom. The maximum Gasteiger partial charge on any atom is 0.222 e. The maximum atomic E-state index is 12.8. The van der Waals surface area contributed by atoms with E-state index in [1.807, 2.05) is 0 Å². The average Bonchev–Trinajstić information content (AvgIpc) is 2.57. The van der Waals surface area contributed by atoms with Gasteiger partial charge >= 0.3 is 0 Å². The van der Waals surface area contributed by atoms with Crippen LogP contribution < -0.4 is 5.32 Å². The van der Waals surface area contributed by atoms with Gasteiger partial charge < -0.3 is 5.21 Å². The van der Waals surface area contributed by atoms with E-state index >= 15 is 0 Å². The molecular weight excluding hydrogens is 200 g/mol. The lowest BCUT2D eigenvalue weighted by Crippen LogP contribution is -2.49. The summed E-state index contributed by atoms with van der Waals surface area (Å²) in [5.41, 5.74) is -3.19. The summed E-state index contributed by atoms with van der Waals surface area (Å²) in [6.07, 6.45) is 0. The number of hydrogen-bond donors (Lipinski definition) is 1. The summed E-state index contributed by atoms with van der Waals surface area (Å²) < 4.78 is 46.0. The molecule has 3 nitrogen and oxygen atoms in total. The van der Waals surface area contributed by atoms with Gasteiger partial charge in [0.2, 0.25) is 11.4 Å². The van der Waals surface area contributed by atoms with Crippen molar-refractivity contribution in [3.8, 4) is 0 Å². The zero-order chi connectivity index (χ0) is 17.0. The van der Waals surface area contributed by atoms with Crippen molar-refractivity contribution in [3.63, 3.8) is 0 Å². The third kappa shape index (κ3) is 1.61. The van der Waals surface area contributed by atoms with Crippen LogP contribution in [0.5, 0.6) is 0 Å². The molecule has 1 N–H and O–H groups in total. The van der Waals surface area contributed by atoms with Gasteiger partial charge in [0.25, 0.3) is 0 Å². The lowest BCUT2D eigenvalue weighted by atomic mass is 9.93. The lowest BCUT2D eigenvalue weighted by Gasteiger charge is -2.21. The lowest BCUT2D eigenvalue weighted by molar-refractivity contribution is -0.536. The fourth-order valence-electron chi connectivity index (χ4n) is 2.06. The first-order valence-corrected chi connectivity index (χ1v) is 5.04. The van der Waals surface area contributed by atoms with Crippen LogP contribution in [0.3, 0.4) is 0 Å². The van der Waals surface area contributed by atoms with Gasteiger partial charge in [-0.3, -0.25) is 0 Å². The molecule has 0 saturated heterocycles. The molecule has 0 bridgehead atoms. The molecule has 16 heavy (non-hydrogen) atoms. The first-order chi connectivity index (χ1) is 9.84. The molecule has 2 rings (SSSR count). The second-order valence-electron chi connectivity index (χ2n) is 4.47. The highest BCUT2D eigenvalue weighted by atomic mass is 16.5. The smallest absolute Gasteiger partial charge is 0.222 e. The summed E-state index contributed by atoms with van der Waals surface area (Å²) >= 11 is 0. The van der Waals surface area contributed by atoms with Crippen LogP contribution in [-0.4, -0.2) is 21.7 Å². The first kappa shape index (κ1) is 5.82. The normalized spacial score (nSPS) is 29.6. The molecule has 0 unspecified atom stereocenters. The van der Waals surface area contributed by atoms with Crippen molar-refractivity contribution >= 4 is 5.71 Å². The fraction of sp³-hybridized carbons (Fsp3) is 0.462. The molecule has 0 aromatic heterocycles. The zero-order valence-corrected chi connectivity index (χ0v) is 9.24. The van der Waals surface area contributed by atoms with Crippen LogP contribution in [-0.2, 0) is 0 Å². The molecule has 1 heterocycles. The number of hydroxylamine groups is 1. The molecule has 0 fully saturated rings. The monoisotopic (exact) mass is 224 g/mol. The van der Waals surface area contributed by atoms with Crippen LogP contribution in [0.2, 0.25) is 0 Å². The third-order valence-corrected chi connectivity index (χ3v) is 2.64. The Morgan fingerprint density at radius 3 is 2.38 bits per heavy atom. The summed E-state index contributed by atoms with van der Waals surface area (Å²) in [7, 11) is 0. The number of nitrogens with zero attached hydrogens (tertiary/aromatic N) is 1. The summed E-state index contributed by atoms with van der Waals surface area (Å²) in [6, 6.07) is 8.47. The highest BCUT2D eigenvalue weighted by Gasteiger charge is 2.49. The summed E-state index contributed by atoms with van der Waals surface area (Å²) in [5.74, 6) is 0. The first-order valence-electron chi connectivity index (χ1n) is 8.04. The molecule has 0 saturated carbocycles. The van der Waals surface area contributed by atoms with E-state index in [1.54, 1.807) is 44.2 Å². The van der Waals surface area contributed by atoms with Gasteiger partial charge in [-0.1, -0.05) is 18.2 Å². The van der Waals surface area contributed by atoms with Crippen LogP contribution in [0.1, 0.15) is 41.3 Å². The van der Waals surface area contributed by atoms with Gasteiger partial charge in [-0.05, 0) is 26.0 Å². The predicted molar refractivity (Wildman–Crippen MR) is 65.5 cm³/mol. The Hall–Kier alpha value is -1.35. The molecule has 1 aromatic rings. The minimum atomic E-state index is -3.03. The van der Waals surface area contributed by atoms with Gasteiger partial charge in [0, 0.05) is 27.5 Å². The van der Waals surface area contributed by atoms with Crippen molar-refractivity contribution in [2.75, 3.05) is 0 Å². The van der Waals surface area contributed by atoms with Gasteiger partial charge in [-0.15, -0.1) is 0 Å². The van der Waals surface area contributed by atoms with Crippen molar-refractivity contribution in [2.45, 2.75) is 38.8 Å². The van der Waals surface area contributed by atoms with Crippen molar-refractivity contribution in [2.24, 2.45) is 0 Å². The Kier molecular flexibility index (Phi) is 1.21. The highest BCUT2D eigenvalue weighted by molar-refractivity contribution is 6.04. The van der Waals surface area contributed by atoms with E-state index in [0.29, 0.717) is 5.56 Å². The molecule has 86 valence electrons. The van der Waals surface area contributed by atoms with Crippen molar-refractivity contribution in [1.82, 2.24) is 5.32 Å². The van der Waals surface area contributed by atoms with E-state index in [2.05, 4.69) is 5.32 Å². The van der Waals surface area contributed by atoms with E-state index in [-0.39, 0.29) is 10.5 Å². The maximum absolute atomic E-state index is 12.8. The molecule has 0 atom stereocenters. The van der Waals surface area contributed by atoms with Gasteiger partial charge in [0.1, 0.15) is 5.54 Å². The van der Waals surface area contributed by atoms with Gasteiger partial charge in [0.05, 0.1) is 0 Å². The Labute approximate surface area is 105 Å². The summed E-state index contributed by atoms with van der Waals surface area (Å²) in [5, 5.41) is 15.4. The molecule has 0 amide bonds. The van der Waals surface area contributed by atoms with E-state index in [9.17, 15) is 5.21 Å². The molecule has 3 heteroatoms. The van der Waals surface area contributed by atoms with E-state index < -0.39 is 24.9 Å². The standard InChI is InChI=1S/C13H18N2O/c1-12(2)11(10-8-6-5-7-9-10)15(16)13(3,4)14-12/h5-9,14H,1-4H3/i3D3,4D3. The molecule has 1 aliphatic rings. The highest BCUT2D eigenvalue weighted by Crippen LogP contribution is 2.26. The Morgan fingerprint density at radius 2 is 1.88 bits per heavy atom. The minimum absolute atomic E-state index is 0.0975. The van der Waals surface area contributed by atoms with Crippen molar-refractivity contribution < 1.29 is 13.0 Å². The number of benzene rings is 1. The largest absolute Gasteiger partial charge is 0.622 e. The van der Waals surface area contributed by atoms with Crippen LogP contribution in [0.4, 0.5) is 0 Å². The van der Waals surface area contributed by atoms with Crippen molar-refractivity contribution in [1.29, 1.82) is 0 Å². The second kappa shape index (κ2) is 3.32. The quantitative estimate of drug-likeness (QED) is 0.586. The molecule has 1 aliphatic heterocycles. The SMILES string of the molecule is [2H]C([2H])([2H])C1(C([2H])([2H])[2H])NC(C)(C)C(c2ccccc2)=[N+]1[O-]. The predicted octanol–water partition coefficient (Wildman–Crippen LogP) is 2.10. The van der Waals surface area contributed by atoms with E-state index in [0.717, 1.165) is 0 Å². The molecule has 0 aliphatic carbocycles. The van der Waals surface area contributed by atoms with Crippen LogP contribution in [0, 0.1) is 5.21 Å². The Balaban J connectivity index is 2.79.